The number of carbonyl (C=O) groups excluding carboxylic acids is 1. The third-order valence-corrected chi connectivity index (χ3v) is 9.45. The normalized spacial score (nSPS) is 12.2. The van der Waals surface area contributed by atoms with Gasteiger partial charge in [-0.25, -0.2) is 22.2 Å². The van der Waals surface area contributed by atoms with E-state index in [1.165, 1.54) is 56.6 Å². The van der Waals surface area contributed by atoms with Gasteiger partial charge in [0.05, 0.1) is 24.1 Å². The van der Waals surface area contributed by atoms with Crippen molar-refractivity contribution in [3.05, 3.63) is 95.6 Å². The molecule has 0 aliphatic rings. The zero-order valence-electron chi connectivity index (χ0n) is 26.2. The third kappa shape index (κ3) is 5.63. The van der Waals surface area contributed by atoms with Crippen molar-refractivity contribution in [2.75, 3.05) is 31.3 Å². The summed E-state index contributed by atoms with van der Waals surface area (Å²) in [4.78, 5) is 17.7. The van der Waals surface area contributed by atoms with Crippen molar-refractivity contribution in [3.63, 3.8) is 0 Å². The Hall–Kier alpha value is -5.07. The number of anilines is 1. The lowest BCUT2D eigenvalue weighted by Gasteiger charge is -2.26. The minimum Gasteiger partial charge on any atom is -0.455 e. The number of sulfonamides is 1. The van der Waals surface area contributed by atoms with E-state index in [2.05, 4.69) is 10.3 Å². The number of fused-ring (bicyclic) bond motifs is 2. The summed E-state index contributed by atoms with van der Waals surface area (Å²) in [5.41, 5.74) is 2.64. The Kier molecular flexibility index (Phi) is 7.89. The zero-order valence-corrected chi connectivity index (χ0v) is 27.0. The molecular weight excluding hydrogens is 628 g/mol. The van der Waals surface area contributed by atoms with E-state index in [1.807, 2.05) is 13.8 Å². The van der Waals surface area contributed by atoms with Crippen LogP contribution in [0.2, 0.25) is 0 Å². The zero-order chi connectivity index (χ0) is 33.8. The number of aliphatic hydroxyl groups excluding tert-OH is 1. The van der Waals surface area contributed by atoms with Crippen LogP contribution in [-0.4, -0.2) is 51.4 Å². The number of halogens is 2. The average molecular weight is 660 g/mol. The number of furan rings is 1. The second kappa shape index (κ2) is 11.6. The number of benzene rings is 4. The van der Waals surface area contributed by atoms with Crippen LogP contribution < -0.4 is 9.62 Å². The van der Waals surface area contributed by atoms with Crippen LogP contribution in [0.4, 0.5) is 14.5 Å². The molecule has 6 aromatic rings. The molecule has 6 rings (SSSR count). The molecule has 2 aromatic heterocycles. The summed E-state index contributed by atoms with van der Waals surface area (Å²) in [6, 6.07) is 18.3. The smallest absolute Gasteiger partial charge is 0.255 e. The number of nitrogens with one attached hydrogen (secondary N) is 1. The average Bonchev–Trinajstić information content (AvgIpc) is 3.66. The Balaban J connectivity index is 1.67. The van der Waals surface area contributed by atoms with E-state index < -0.39 is 33.0 Å². The largest absolute Gasteiger partial charge is 0.455 e. The van der Waals surface area contributed by atoms with Crippen LogP contribution >= 0.6 is 0 Å². The second-order valence-electron chi connectivity index (χ2n) is 11.9. The fourth-order valence-electron chi connectivity index (χ4n) is 5.55. The molecule has 0 saturated carbocycles. The highest BCUT2D eigenvalue weighted by Crippen LogP contribution is 2.44. The maximum atomic E-state index is 14.7. The Morgan fingerprint density at radius 2 is 1.66 bits per heavy atom. The molecule has 0 aliphatic carbocycles. The Morgan fingerprint density at radius 1 is 0.957 bits per heavy atom. The summed E-state index contributed by atoms with van der Waals surface area (Å²) in [6.07, 6.45) is 1.06. The van der Waals surface area contributed by atoms with Crippen LogP contribution in [0.15, 0.2) is 81.6 Å². The van der Waals surface area contributed by atoms with Gasteiger partial charge < -0.3 is 19.3 Å². The molecule has 1 amide bonds. The lowest BCUT2D eigenvalue weighted by Crippen LogP contribution is -2.25. The van der Waals surface area contributed by atoms with Gasteiger partial charge >= 0.3 is 0 Å². The lowest BCUT2D eigenvalue weighted by atomic mass is 9.81. The fourth-order valence-corrected chi connectivity index (χ4v) is 6.06. The Bertz CT molecular complexity index is 2290. The standard InChI is InChI=1S/C35H31F2N3O6S/c1-35(2,18-41)25-14-11-20(15-23(25)34-39-31-26(37)7-6-8-28(31)46-34)22-16-24-29(17-27(22)40(4)47(5,43)44)45-32(30(24)33(42)38-3)19-9-12-21(36)13-10-19/h6-17,41H,18H2,1-5H3,(H,38,42). The predicted octanol–water partition coefficient (Wildman–Crippen LogP) is 6.88. The molecule has 0 bridgehead atoms. The molecule has 12 heteroatoms. The number of nitrogens with zero attached hydrogens (tertiary/aromatic N) is 2. The number of aliphatic hydroxyl groups is 1. The van der Waals surface area contributed by atoms with E-state index in [0.29, 0.717) is 33.2 Å². The minimum atomic E-state index is -3.79. The SMILES string of the molecule is CNC(=O)c1c(-c2ccc(F)cc2)oc2cc(N(C)S(C)(=O)=O)c(-c3ccc(C(C)(C)CO)c(-c4nc5c(F)cccc5o4)c3)cc12. The third-order valence-electron chi connectivity index (χ3n) is 8.26. The van der Waals surface area contributed by atoms with Crippen molar-refractivity contribution in [2.24, 2.45) is 0 Å². The van der Waals surface area contributed by atoms with Gasteiger partial charge in [-0.1, -0.05) is 32.0 Å². The van der Waals surface area contributed by atoms with Gasteiger partial charge in [-0.3, -0.25) is 9.10 Å². The molecule has 2 heterocycles. The van der Waals surface area contributed by atoms with Gasteiger partial charge in [0.25, 0.3) is 5.91 Å². The molecule has 0 unspecified atom stereocenters. The summed E-state index contributed by atoms with van der Waals surface area (Å²) >= 11 is 0. The summed E-state index contributed by atoms with van der Waals surface area (Å²) in [5, 5.41) is 13.3. The number of hydrogen-bond donors (Lipinski definition) is 2. The van der Waals surface area contributed by atoms with E-state index >= 15 is 0 Å². The molecule has 9 nitrogen and oxygen atoms in total. The lowest BCUT2D eigenvalue weighted by molar-refractivity contribution is 0.0964. The highest BCUT2D eigenvalue weighted by atomic mass is 32.2. The molecule has 0 radical (unpaired) electrons. The first-order chi connectivity index (χ1) is 22.2. The molecule has 0 saturated heterocycles. The molecule has 242 valence electrons. The maximum Gasteiger partial charge on any atom is 0.255 e. The van der Waals surface area contributed by atoms with Crippen molar-refractivity contribution in [1.29, 1.82) is 0 Å². The van der Waals surface area contributed by atoms with Crippen LogP contribution in [0.25, 0.3) is 56.0 Å². The van der Waals surface area contributed by atoms with Crippen molar-refractivity contribution in [2.45, 2.75) is 19.3 Å². The van der Waals surface area contributed by atoms with Gasteiger partial charge in [0.1, 0.15) is 22.7 Å². The number of oxazole rings is 1. The van der Waals surface area contributed by atoms with Gasteiger partial charge in [0.15, 0.2) is 11.4 Å². The Labute approximate surface area is 269 Å². The number of hydrogen-bond acceptors (Lipinski definition) is 7. The molecule has 2 N–H and O–H groups in total. The van der Waals surface area contributed by atoms with Crippen molar-refractivity contribution in [1.82, 2.24) is 10.3 Å². The van der Waals surface area contributed by atoms with Crippen LogP contribution in [-0.2, 0) is 15.4 Å². The predicted molar refractivity (Wildman–Crippen MR) is 177 cm³/mol. The molecule has 47 heavy (non-hydrogen) atoms. The molecule has 0 aliphatic heterocycles. The highest BCUT2D eigenvalue weighted by Gasteiger charge is 2.29. The van der Waals surface area contributed by atoms with Gasteiger partial charge in [-0.15, -0.1) is 0 Å². The van der Waals surface area contributed by atoms with Crippen LogP contribution in [0, 0.1) is 11.6 Å². The summed E-state index contributed by atoms with van der Waals surface area (Å²) in [5.74, 6) is -1.20. The molecule has 0 spiro atoms. The van der Waals surface area contributed by atoms with Gasteiger partial charge in [-0.2, -0.15) is 0 Å². The monoisotopic (exact) mass is 659 g/mol. The van der Waals surface area contributed by atoms with E-state index in [1.54, 1.807) is 30.3 Å². The fraction of sp³-hybridized carbons (Fsp3) is 0.200. The quantitative estimate of drug-likeness (QED) is 0.183. The van der Waals surface area contributed by atoms with E-state index in [4.69, 9.17) is 8.83 Å². The van der Waals surface area contributed by atoms with E-state index in [9.17, 15) is 27.1 Å². The van der Waals surface area contributed by atoms with E-state index in [-0.39, 0.29) is 46.2 Å². The Morgan fingerprint density at radius 3 is 2.30 bits per heavy atom. The first kappa shape index (κ1) is 31.9. The first-order valence-corrected chi connectivity index (χ1v) is 16.4. The van der Waals surface area contributed by atoms with Crippen LogP contribution in [0.5, 0.6) is 0 Å². The van der Waals surface area contributed by atoms with Crippen molar-refractivity contribution >= 4 is 43.7 Å². The molecule has 0 fully saturated rings. The van der Waals surface area contributed by atoms with E-state index in [0.717, 1.165) is 10.6 Å². The number of aromatic nitrogens is 1. The number of carbonyl (C=O) groups is 1. The van der Waals surface area contributed by atoms with Gasteiger partial charge in [0.2, 0.25) is 15.9 Å². The van der Waals surface area contributed by atoms with Gasteiger partial charge in [0, 0.05) is 47.7 Å². The summed E-state index contributed by atoms with van der Waals surface area (Å²) in [6.45, 7) is 3.45. The number of rotatable bonds is 8. The van der Waals surface area contributed by atoms with Crippen molar-refractivity contribution in [3.8, 4) is 33.9 Å². The van der Waals surface area contributed by atoms with Crippen LogP contribution in [0.1, 0.15) is 29.8 Å². The minimum absolute atomic E-state index is 0.0431. The number of amides is 1. The summed E-state index contributed by atoms with van der Waals surface area (Å²) < 4.78 is 67.5. The van der Waals surface area contributed by atoms with Gasteiger partial charge in [-0.05, 0) is 59.7 Å². The maximum absolute atomic E-state index is 14.7. The number of para-hydroxylation sites is 1. The first-order valence-electron chi connectivity index (χ1n) is 14.6. The highest BCUT2D eigenvalue weighted by molar-refractivity contribution is 7.92. The second-order valence-corrected chi connectivity index (χ2v) is 13.9. The molecule has 4 aromatic carbocycles. The summed E-state index contributed by atoms with van der Waals surface area (Å²) in [7, 11) is -0.919. The molecular formula is C35H31F2N3O6S. The van der Waals surface area contributed by atoms with Crippen molar-refractivity contribution < 1.29 is 35.9 Å². The topological polar surface area (TPSA) is 126 Å². The van der Waals surface area contributed by atoms with Crippen LogP contribution in [0.3, 0.4) is 0 Å². The molecule has 0 atom stereocenters.